The van der Waals surface area contributed by atoms with Gasteiger partial charge >= 0.3 is 0 Å². The van der Waals surface area contributed by atoms with Crippen LogP contribution in [0, 0.1) is 20.8 Å². The molecular weight excluding hydrogens is 398 g/mol. The van der Waals surface area contributed by atoms with Crippen molar-refractivity contribution in [3.05, 3.63) is 74.5 Å². The summed E-state index contributed by atoms with van der Waals surface area (Å²) in [6.07, 6.45) is 0. The molecule has 0 N–H and O–H groups in total. The van der Waals surface area contributed by atoms with Crippen molar-refractivity contribution in [1.29, 1.82) is 0 Å². The van der Waals surface area contributed by atoms with E-state index in [-0.39, 0.29) is 17.9 Å². The van der Waals surface area contributed by atoms with Gasteiger partial charge in [-0.15, -0.1) is 11.3 Å². The fraction of sp³-hybridized carbons (Fsp3) is 0.217. The van der Waals surface area contributed by atoms with Gasteiger partial charge in [-0.05, 0) is 38.5 Å². The second-order valence-electron chi connectivity index (χ2n) is 7.20. The number of aryl methyl sites for hydroxylation is 3. The monoisotopic (exact) mass is 419 g/mol. The van der Waals surface area contributed by atoms with Crippen molar-refractivity contribution in [3.8, 4) is 17.0 Å². The van der Waals surface area contributed by atoms with Crippen molar-refractivity contribution in [3.63, 3.8) is 0 Å². The van der Waals surface area contributed by atoms with E-state index in [2.05, 4.69) is 10.1 Å². The van der Waals surface area contributed by atoms with Gasteiger partial charge in [-0.2, -0.15) is 5.10 Å². The van der Waals surface area contributed by atoms with Crippen LogP contribution in [0.5, 0.6) is 5.75 Å². The molecule has 0 saturated carbocycles. The molecule has 0 aliphatic rings. The third-order valence-electron chi connectivity index (χ3n) is 4.93. The predicted octanol–water partition coefficient (Wildman–Crippen LogP) is 4.34. The second-order valence-corrected chi connectivity index (χ2v) is 8.40. The van der Waals surface area contributed by atoms with Crippen molar-refractivity contribution in [2.45, 2.75) is 27.3 Å². The summed E-state index contributed by atoms with van der Waals surface area (Å²) in [5.41, 5.74) is 3.94. The van der Waals surface area contributed by atoms with Crippen molar-refractivity contribution >= 4 is 27.3 Å². The van der Waals surface area contributed by atoms with Crippen LogP contribution in [0.1, 0.15) is 26.5 Å². The Labute approximate surface area is 177 Å². The lowest BCUT2D eigenvalue weighted by Gasteiger charge is -2.10. The smallest absolute Gasteiger partial charge is 0.294 e. The average Bonchev–Trinajstić information content (AvgIpc) is 3.12. The van der Waals surface area contributed by atoms with Gasteiger partial charge in [0.1, 0.15) is 18.0 Å². The first-order chi connectivity index (χ1) is 14.4. The maximum atomic E-state index is 13.0. The molecule has 6 nitrogen and oxygen atoms in total. The molecule has 2 heterocycles. The summed E-state index contributed by atoms with van der Waals surface area (Å²) in [5.74, 6) is 0.526. The number of methoxy groups -OCH3 is 1. The van der Waals surface area contributed by atoms with E-state index in [0.29, 0.717) is 27.2 Å². The molecule has 0 unspecified atom stereocenters. The molecule has 0 amide bonds. The lowest BCUT2D eigenvalue weighted by atomic mass is 10.0. The Bertz CT molecular complexity index is 1340. The van der Waals surface area contributed by atoms with E-state index in [4.69, 9.17) is 4.74 Å². The Morgan fingerprint density at radius 1 is 1.13 bits per heavy atom. The largest absolute Gasteiger partial charge is 0.497 e. The van der Waals surface area contributed by atoms with Crippen molar-refractivity contribution in [2.24, 2.45) is 0 Å². The second kappa shape index (κ2) is 7.84. The van der Waals surface area contributed by atoms with Crippen LogP contribution in [-0.4, -0.2) is 27.7 Å². The van der Waals surface area contributed by atoms with Crippen LogP contribution in [0.15, 0.2) is 47.3 Å². The van der Waals surface area contributed by atoms with E-state index in [9.17, 15) is 9.59 Å². The topological polar surface area (TPSA) is 74.1 Å². The number of ketones is 1. The molecular formula is C23H21N3O3S. The number of hydrogen-bond acceptors (Lipinski definition) is 6. The number of thiazole rings is 1. The zero-order valence-corrected chi connectivity index (χ0v) is 18.0. The fourth-order valence-electron chi connectivity index (χ4n) is 3.48. The van der Waals surface area contributed by atoms with Gasteiger partial charge in [-0.1, -0.05) is 35.9 Å². The Hall–Kier alpha value is -3.32. The van der Waals surface area contributed by atoms with Crippen LogP contribution in [0.25, 0.3) is 21.5 Å². The zero-order chi connectivity index (χ0) is 21.4. The van der Waals surface area contributed by atoms with Gasteiger partial charge in [0.05, 0.1) is 16.8 Å². The number of hydrogen-bond donors (Lipinski definition) is 0. The van der Waals surface area contributed by atoms with Crippen LogP contribution in [0.4, 0.5) is 0 Å². The average molecular weight is 420 g/mol. The third kappa shape index (κ3) is 3.64. The highest BCUT2D eigenvalue weighted by Crippen LogP contribution is 2.31. The maximum absolute atomic E-state index is 13.0. The van der Waals surface area contributed by atoms with Crippen LogP contribution < -0.4 is 10.3 Å². The van der Waals surface area contributed by atoms with Gasteiger partial charge in [0.15, 0.2) is 11.3 Å². The number of carbonyl (C=O) groups is 1. The molecule has 0 aliphatic carbocycles. The number of nitrogens with zero attached hydrogens (tertiary/aromatic N) is 3. The minimum Gasteiger partial charge on any atom is -0.497 e. The van der Waals surface area contributed by atoms with Crippen LogP contribution >= 0.6 is 11.3 Å². The van der Waals surface area contributed by atoms with Crippen molar-refractivity contribution in [2.75, 3.05) is 7.11 Å². The standard InChI is InChI=1S/C23H21N3O3S/c1-13-8-9-18(14(2)10-13)19(27)12-26-23(28)21-22(30-15(3)24-21)20(25-26)16-6-5-7-17(11-16)29-4/h5-11H,12H2,1-4H3. The molecule has 0 atom stereocenters. The number of rotatable bonds is 5. The molecule has 0 aliphatic heterocycles. The number of carbonyl (C=O) groups excluding carboxylic acids is 1. The maximum Gasteiger partial charge on any atom is 0.294 e. The highest BCUT2D eigenvalue weighted by atomic mass is 32.1. The summed E-state index contributed by atoms with van der Waals surface area (Å²) in [6, 6.07) is 13.1. The molecule has 4 aromatic rings. The van der Waals surface area contributed by atoms with Gasteiger partial charge in [0.2, 0.25) is 0 Å². The summed E-state index contributed by atoms with van der Waals surface area (Å²) in [7, 11) is 1.60. The highest BCUT2D eigenvalue weighted by molar-refractivity contribution is 7.19. The minimum atomic E-state index is -0.362. The normalized spacial score (nSPS) is 11.1. The van der Waals surface area contributed by atoms with Crippen molar-refractivity contribution < 1.29 is 9.53 Å². The van der Waals surface area contributed by atoms with Crippen LogP contribution in [0.2, 0.25) is 0 Å². The summed E-state index contributed by atoms with van der Waals surface area (Å²) in [5, 5.41) is 5.34. The molecule has 0 fully saturated rings. The summed E-state index contributed by atoms with van der Waals surface area (Å²) >= 11 is 1.42. The molecule has 7 heteroatoms. The quantitative estimate of drug-likeness (QED) is 0.450. The predicted molar refractivity (Wildman–Crippen MR) is 119 cm³/mol. The number of aromatic nitrogens is 3. The van der Waals surface area contributed by atoms with Gasteiger partial charge in [-0.3, -0.25) is 9.59 Å². The highest BCUT2D eigenvalue weighted by Gasteiger charge is 2.19. The van der Waals surface area contributed by atoms with Gasteiger partial charge in [-0.25, -0.2) is 9.67 Å². The number of Topliss-reactive ketones (excluding diaryl/α,β-unsaturated/α-hetero) is 1. The lowest BCUT2D eigenvalue weighted by Crippen LogP contribution is -2.27. The first kappa shape index (κ1) is 20.0. The van der Waals surface area contributed by atoms with E-state index in [1.165, 1.54) is 16.0 Å². The molecule has 30 heavy (non-hydrogen) atoms. The number of fused-ring (bicyclic) bond motifs is 1. The summed E-state index contributed by atoms with van der Waals surface area (Å²) < 4.78 is 7.26. The Balaban J connectivity index is 1.85. The van der Waals surface area contributed by atoms with E-state index in [0.717, 1.165) is 21.7 Å². The summed E-state index contributed by atoms with van der Waals surface area (Å²) in [4.78, 5) is 30.4. The van der Waals surface area contributed by atoms with Gasteiger partial charge in [0.25, 0.3) is 5.56 Å². The van der Waals surface area contributed by atoms with Gasteiger partial charge in [0, 0.05) is 11.1 Å². The lowest BCUT2D eigenvalue weighted by molar-refractivity contribution is 0.0965. The first-order valence-electron chi connectivity index (χ1n) is 9.50. The molecule has 0 bridgehead atoms. The first-order valence-corrected chi connectivity index (χ1v) is 10.3. The van der Waals surface area contributed by atoms with Crippen LogP contribution in [-0.2, 0) is 6.54 Å². The molecule has 0 saturated heterocycles. The van der Waals surface area contributed by atoms with Gasteiger partial charge < -0.3 is 4.74 Å². The zero-order valence-electron chi connectivity index (χ0n) is 17.2. The number of ether oxygens (including phenoxy) is 1. The fourth-order valence-corrected chi connectivity index (χ4v) is 4.40. The Morgan fingerprint density at radius 2 is 1.93 bits per heavy atom. The van der Waals surface area contributed by atoms with E-state index >= 15 is 0 Å². The molecule has 152 valence electrons. The van der Waals surface area contributed by atoms with E-state index in [1.54, 1.807) is 13.2 Å². The molecule has 2 aromatic heterocycles. The Kier molecular flexibility index (Phi) is 5.22. The van der Waals surface area contributed by atoms with Crippen LogP contribution in [0.3, 0.4) is 0 Å². The van der Waals surface area contributed by atoms with E-state index < -0.39 is 0 Å². The Morgan fingerprint density at radius 3 is 2.67 bits per heavy atom. The summed E-state index contributed by atoms with van der Waals surface area (Å²) in [6.45, 7) is 5.58. The molecule has 0 radical (unpaired) electrons. The SMILES string of the molecule is COc1cccc(-c2nn(CC(=O)c3ccc(C)cc3C)c(=O)c3nc(C)sc23)c1. The molecule has 2 aromatic carbocycles. The van der Waals surface area contributed by atoms with E-state index in [1.807, 2.05) is 57.2 Å². The molecule has 4 rings (SSSR count). The minimum absolute atomic E-state index is 0.147. The third-order valence-corrected chi connectivity index (χ3v) is 5.90. The van der Waals surface area contributed by atoms with Crippen molar-refractivity contribution in [1.82, 2.24) is 14.8 Å². The number of benzene rings is 2. The molecule has 0 spiro atoms.